The van der Waals surface area contributed by atoms with Crippen molar-refractivity contribution in [2.75, 3.05) is 19.6 Å². The summed E-state index contributed by atoms with van der Waals surface area (Å²) < 4.78 is 12.9. The molecule has 82 valence electrons. The molecule has 3 heteroatoms. The molecule has 2 N–H and O–H groups in total. The Morgan fingerprint density at radius 3 is 3.00 bits per heavy atom. The lowest BCUT2D eigenvalue weighted by Gasteiger charge is -2.24. The third kappa shape index (κ3) is 3.29. The summed E-state index contributed by atoms with van der Waals surface area (Å²) in [7, 11) is 0. The van der Waals surface area contributed by atoms with Gasteiger partial charge in [-0.05, 0) is 30.5 Å². The number of hydrogen-bond acceptors (Lipinski definition) is 2. The molecular weight excluding hydrogens is 191 g/mol. The average Bonchev–Trinajstić information content (AvgIpc) is 2.28. The Hall–Kier alpha value is -0.930. The van der Waals surface area contributed by atoms with Crippen LogP contribution in [-0.4, -0.2) is 25.7 Å². The molecule has 1 fully saturated rings. The molecule has 1 atom stereocenters. The van der Waals surface area contributed by atoms with Crippen molar-refractivity contribution in [3.63, 3.8) is 0 Å². The van der Waals surface area contributed by atoms with E-state index in [0.717, 1.165) is 38.0 Å². The van der Waals surface area contributed by atoms with Crippen molar-refractivity contribution >= 4 is 0 Å². The Bertz CT molecular complexity index is 308. The normalized spacial score (nSPS) is 21.5. The monoisotopic (exact) mass is 208 g/mol. The third-order valence-corrected chi connectivity index (χ3v) is 2.80. The standard InChI is InChI=1S/C12H17FN2/c13-11-3-1-2-10(8-11)4-5-12-9-14-6-7-15-12/h1-3,8,12,14-15H,4-7,9H2. The van der Waals surface area contributed by atoms with E-state index in [1.165, 1.54) is 6.07 Å². The summed E-state index contributed by atoms with van der Waals surface area (Å²) in [5.74, 6) is -0.137. The lowest BCUT2D eigenvalue weighted by Crippen LogP contribution is -2.48. The van der Waals surface area contributed by atoms with Crippen molar-refractivity contribution in [3.8, 4) is 0 Å². The largest absolute Gasteiger partial charge is 0.314 e. The zero-order chi connectivity index (χ0) is 10.5. The van der Waals surface area contributed by atoms with Crippen LogP contribution in [0.15, 0.2) is 24.3 Å². The Morgan fingerprint density at radius 2 is 2.27 bits per heavy atom. The number of hydrogen-bond donors (Lipinski definition) is 2. The van der Waals surface area contributed by atoms with Crippen molar-refractivity contribution in [2.24, 2.45) is 0 Å². The molecule has 2 nitrogen and oxygen atoms in total. The highest BCUT2D eigenvalue weighted by atomic mass is 19.1. The molecule has 0 aliphatic carbocycles. The maximum absolute atomic E-state index is 12.9. The first-order chi connectivity index (χ1) is 7.34. The summed E-state index contributed by atoms with van der Waals surface area (Å²) in [6, 6.07) is 7.40. The molecule has 0 bridgehead atoms. The van der Waals surface area contributed by atoms with Crippen molar-refractivity contribution in [1.29, 1.82) is 0 Å². The van der Waals surface area contributed by atoms with Crippen LogP contribution >= 0.6 is 0 Å². The van der Waals surface area contributed by atoms with Gasteiger partial charge < -0.3 is 10.6 Å². The fourth-order valence-electron chi connectivity index (χ4n) is 1.95. The highest BCUT2D eigenvalue weighted by Crippen LogP contribution is 2.08. The number of nitrogens with one attached hydrogen (secondary N) is 2. The third-order valence-electron chi connectivity index (χ3n) is 2.80. The Kier molecular flexibility index (Phi) is 3.69. The van der Waals surface area contributed by atoms with Gasteiger partial charge in [-0.25, -0.2) is 4.39 Å². The van der Waals surface area contributed by atoms with Gasteiger partial charge in [-0.1, -0.05) is 12.1 Å². The number of benzene rings is 1. The maximum Gasteiger partial charge on any atom is 0.123 e. The molecule has 1 aliphatic heterocycles. The van der Waals surface area contributed by atoms with Gasteiger partial charge in [0.2, 0.25) is 0 Å². The van der Waals surface area contributed by atoms with E-state index in [4.69, 9.17) is 0 Å². The van der Waals surface area contributed by atoms with Gasteiger partial charge in [0, 0.05) is 25.7 Å². The summed E-state index contributed by atoms with van der Waals surface area (Å²) in [6.45, 7) is 3.11. The van der Waals surface area contributed by atoms with Crippen molar-refractivity contribution < 1.29 is 4.39 Å². The summed E-state index contributed by atoms with van der Waals surface area (Å²) in [5.41, 5.74) is 1.09. The Morgan fingerprint density at radius 1 is 1.33 bits per heavy atom. The number of rotatable bonds is 3. The van der Waals surface area contributed by atoms with Gasteiger partial charge in [0.1, 0.15) is 5.82 Å². The quantitative estimate of drug-likeness (QED) is 0.783. The predicted octanol–water partition coefficient (Wildman–Crippen LogP) is 1.32. The SMILES string of the molecule is Fc1cccc(CCC2CNCCN2)c1. The van der Waals surface area contributed by atoms with Crippen LogP contribution in [0.25, 0.3) is 0 Å². The first-order valence-corrected chi connectivity index (χ1v) is 5.53. The first kappa shape index (κ1) is 10.6. The van der Waals surface area contributed by atoms with Crippen LogP contribution in [0, 0.1) is 5.82 Å². The fourth-order valence-corrected chi connectivity index (χ4v) is 1.95. The lowest BCUT2D eigenvalue weighted by molar-refractivity contribution is 0.399. The molecule has 0 spiro atoms. The average molecular weight is 208 g/mol. The highest BCUT2D eigenvalue weighted by Gasteiger charge is 2.11. The molecule has 0 radical (unpaired) electrons. The Balaban J connectivity index is 1.81. The van der Waals surface area contributed by atoms with Crippen LogP contribution in [0.1, 0.15) is 12.0 Å². The van der Waals surface area contributed by atoms with Crippen LogP contribution in [0.3, 0.4) is 0 Å². The van der Waals surface area contributed by atoms with Crippen LogP contribution < -0.4 is 10.6 Å². The molecule has 0 aromatic heterocycles. The number of piperazine rings is 1. The molecule has 1 aromatic rings. The van der Waals surface area contributed by atoms with Gasteiger partial charge >= 0.3 is 0 Å². The van der Waals surface area contributed by atoms with E-state index in [1.54, 1.807) is 12.1 Å². The van der Waals surface area contributed by atoms with Gasteiger partial charge in [0.05, 0.1) is 0 Å². The zero-order valence-electron chi connectivity index (χ0n) is 8.80. The van der Waals surface area contributed by atoms with E-state index >= 15 is 0 Å². The lowest BCUT2D eigenvalue weighted by atomic mass is 10.0. The summed E-state index contributed by atoms with van der Waals surface area (Å²) >= 11 is 0. The van der Waals surface area contributed by atoms with E-state index in [1.807, 2.05) is 6.07 Å². The molecule has 1 aromatic carbocycles. The van der Waals surface area contributed by atoms with Gasteiger partial charge in [0.15, 0.2) is 0 Å². The van der Waals surface area contributed by atoms with E-state index in [2.05, 4.69) is 10.6 Å². The van der Waals surface area contributed by atoms with Gasteiger partial charge in [0.25, 0.3) is 0 Å². The smallest absolute Gasteiger partial charge is 0.123 e. The molecule has 15 heavy (non-hydrogen) atoms. The van der Waals surface area contributed by atoms with Crippen LogP contribution in [0.2, 0.25) is 0 Å². The molecular formula is C12H17FN2. The molecule has 0 saturated carbocycles. The second-order valence-electron chi connectivity index (χ2n) is 4.02. The second kappa shape index (κ2) is 5.24. The van der Waals surface area contributed by atoms with E-state index < -0.39 is 0 Å². The first-order valence-electron chi connectivity index (χ1n) is 5.53. The van der Waals surface area contributed by atoms with Gasteiger partial charge in [-0.3, -0.25) is 0 Å². The Labute approximate surface area is 89.9 Å². The molecule has 1 heterocycles. The van der Waals surface area contributed by atoms with Gasteiger partial charge in [-0.15, -0.1) is 0 Å². The summed E-state index contributed by atoms with van der Waals surface area (Å²) in [5, 5.41) is 6.79. The molecule has 1 saturated heterocycles. The highest BCUT2D eigenvalue weighted by molar-refractivity contribution is 5.16. The minimum atomic E-state index is -0.137. The summed E-state index contributed by atoms with van der Waals surface area (Å²) in [6.07, 6.45) is 2.01. The maximum atomic E-state index is 12.9. The number of halogens is 1. The van der Waals surface area contributed by atoms with E-state index in [-0.39, 0.29) is 5.82 Å². The fraction of sp³-hybridized carbons (Fsp3) is 0.500. The van der Waals surface area contributed by atoms with Crippen LogP contribution in [0.5, 0.6) is 0 Å². The van der Waals surface area contributed by atoms with Crippen molar-refractivity contribution in [3.05, 3.63) is 35.6 Å². The van der Waals surface area contributed by atoms with Crippen molar-refractivity contribution in [1.82, 2.24) is 10.6 Å². The number of aryl methyl sites for hydroxylation is 1. The van der Waals surface area contributed by atoms with Gasteiger partial charge in [-0.2, -0.15) is 0 Å². The second-order valence-corrected chi connectivity index (χ2v) is 4.02. The summed E-state index contributed by atoms with van der Waals surface area (Å²) in [4.78, 5) is 0. The molecule has 2 rings (SSSR count). The topological polar surface area (TPSA) is 24.1 Å². The molecule has 1 aliphatic rings. The van der Waals surface area contributed by atoms with E-state index in [9.17, 15) is 4.39 Å². The minimum Gasteiger partial charge on any atom is -0.314 e. The van der Waals surface area contributed by atoms with E-state index in [0.29, 0.717) is 6.04 Å². The van der Waals surface area contributed by atoms with Crippen LogP contribution in [-0.2, 0) is 6.42 Å². The zero-order valence-corrected chi connectivity index (χ0v) is 8.80. The predicted molar refractivity (Wildman–Crippen MR) is 59.4 cm³/mol. The molecule has 0 amide bonds. The van der Waals surface area contributed by atoms with Crippen molar-refractivity contribution in [2.45, 2.75) is 18.9 Å². The minimum absolute atomic E-state index is 0.137. The van der Waals surface area contributed by atoms with Crippen LogP contribution in [0.4, 0.5) is 4.39 Å². The molecule has 1 unspecified atom stereocenters.